The molecule has 1 fully saturated rings. The Bertz CT molecular complexity index is 360. The second-order valence-electron chi connectivity index (χ2n) is 5.90. The SMILES string of the molecule is CC(C)CNCC1CCCC1Cc1nnn(C)n1. The summed E-state index contributed by atoms with van der Waals surface area (Å²) in [7, 11) is 1.83. The van der Waals surface area contributed by atoms with Crippen LogP contribution in [0.25, 0.3) is 0 Å². The van der Waals surface area contributed by atoms with Gasteiger partial charge in [0, 0.05) is 6.42 Å². The molecule has 0 bridgehead atoms. The first-order chi connectivity index (χ1) is 8.65. The lowest BCUT2D eigenvalue weighted by atomic mass is 9.92. The van der Waals surface area contributed by atoms with E-state index in [1.165, 1.54) is 19.3 Å². The van der Waals surface area contributed by atoms with Gasteiger partial charge in [-0.25, -0.2) is 0 Å². The predicted octanol–water partition coefficient (Wildman–Crippen LogP) is 1.41. The van der Waals surface area contributed by atoms with E-state index in [0.717, 1.165) is 43.1 Å². The summed E-state index contributed by atoms with van der Waals surface area (Å²) in [6.07, 6.45) is 4.99. The topological polar surface area (TPSA) is 55.6 Å². The van der Waals surface area contributed by atoms with Gasteiger partial charge in [-0.2, -0.15) is 4.80 Å². The van der Waals surface area contributed by atoms with Crippen molar-refractivity contribution in [3.63, 3.8) is 0 Å². The zero-order valence-electron chi connectivity index (χ0n) is 11.8. The average molecular weight is 251 g/mol. The average Bonchev–Trinajstić information content (AvgIpc) is 2.89. The maximum atomic E-state index is 4.29. The van der Waals surface area contributed by atoms with Crippen molar-refractivity contribution in [2.75, 3.05) is 13.1 Å². The predicted molar refractivity (Wildman–Crippen MR) is 71.0 cm³/mol. The van der Waals surface area contributed by atoms with Crippen LogP contribution in [0, 0.1) is 17.8 Å². The van der Waals surface area contributed by atoms with Gasteiger partial charge in [-0.15, -0.1) is 10.2 Å². The highest BCUT2D eigenvalue weighted by Gasteiger charge is 2.28. The number of tetrazole rings is 1. The molecule has 2 rings (SSSR count). The van der Waals surface area contributed by atoms with Gasteiger partial charge in [-0.05, 0) is 48.9 Å². The van der Waals surface area contributed by atoms with Crippen LogP contribution in [0.3, 0.4) is 0 Å². The summed E-state index contributed by atoms with van der Waals surface area (Å²) in [5, 5.41) is 15.9. The van der Waals surface area contributed by atoms with Crippen molar-refractivity contribution in [3.8, 4) is 0 Å². The summed E-state index contributed by atoms with van der Waals surface area (Å²) in [5.41, 5.74) is 0. The second kappa shape index (κ2) is 6.27. The molecule has 5 nitrogen and oxygen atoms in total. The Hall–Kier alpha value is -0.970. The Balaban J connectivity index is 1.80. The van der Waals surface area contributed by atoms with E-state index in [-0.39, 0.29) is 0 Å². The summed E-state index contributed by atoms with van der Waals surface area (Å²) in [6, 6.07) is 0. The highest BCUT2D eigenvalue weighted by atomic mass is 15.6. The molecule has 0 radical (unpaired) electrons. The Morgan fingerprint density at radius 1 is 1.33 bits per heavy atom. The lowest BCUT2D eigenvalue weighted by Crippen LogP contribution is -2.29. The summed E-state index contributed by atoms with van der Waals surface area (Å²) in [5.74, 6) is 3.14. The van der Waals surface area contributed by atoms with E-state index in [1.54, 1.807) is 4.80 Å². The number of nitrogens with zero attached hydrogens (tertiary/aromatic N) is 4. The lowest BCUT2D eigenvalue weighted by molar-refractivity contribution is 0.352. The van der Waals surface area contributed by atoms with Crippen molar-refractivity contribution in [2.24, 2.45) is 24.8 Å². The molecule has 1 N–H and O–H groups in total. The molecule has 18 heavy (non-hydrogen) atoms. The molecule has 102 valence electrons. The summed E-state index contributed by atoms with van der Waals surface area (Å²) >= 11 is 0. The Morgan fingerprint density at radius 2 is 2.11 bits per heavy atom. The van der Waals surface area contributed by atoms with Crippen molar-refractivity contribution < 1.29 is 0 Å². The molecule has 0 amide bonds. The molecule has 1 aromatic heterocycles. The zero-order valence-corrected chi connectivity index (χ0v) is 11.8. The maximum Gasteiger partial charge on any atom is 0.175 e. The third kappa shape index (κ3) is 3.77. The van der Waals surface area contributed by atoms with E-state index in [1.807, 2.05) is 7.05 Å². The van der Waals surface area contributed by atoms with Crippen LogP contribution >= 0.6 is 0 Å². The monoisotopic (exact) mass is 251 g/mol. The minimum atomic E-state index is 0.728. The van der Waals surface area contributed by atoms with E-state index >= 15 is 0 Å². The molecular formula is C13H25N5. The van der Waals surface area contributed by atoms with Crippen LogP contribution in [0.1, 0.15) is 38.9 Å². The van der Waals surface area contributed by atoms with Gasteiger partial charge in [0.2, 0.25) is 0 Å². The van der Waals surface area contributed by atoms with Gasteiger partial charge in [-0.1, -0.05) is 20.3 Å². The number of aryl methyl sites for hydroxylation is 1. The fourth-order valence-electron chi connectivity index (χ4n) is 2.85. The summed E-state index contributed by atoms with van der Waals surface area (Å²) in [6.45, 7) is 6.76. The van der Waals surface area contributed by atoms with Crippen LogP contribution in [0.5, 0.6) is 0 Å². The summed E-state index contributed by atoms with van der Waals surface area (Å²) < 4.78 is 0. The number of hydrogen-bond acceptors (Lipinski definition) is 4. The van der Waals surface area contributed by atoms with Gasteiger partial charge in [0.05, 0.1) is 7.05 Å². The van der Waals surface area contributed by atoms with Crippen molar-refractivity contribution in [1.29, 1.82) is 0 Å². The number of aromatic nitrogens is 4. The minimum Gasteiger partial charge on any atom is -0.316 e. The zero-order chi connectivity index (χ0) is 13.0. The number of nitrogens with one attached hydrogen (secondary N) is 1. The first kappa shape index (κ1) is 13.5. The van der Waals surface area contributed by atoms with Gasteiger partial charge >= 0.3 is 0 Å². The molecule has 1 saturated carbocycles. The Labute approximate surface area is 109 Å². The standard InChI is InChI=1S/C13H25N5/c1-10(2)8-14-9-12-6-4-5-11(12)7-13-15-17-18(3)16-13/h10-12,14H,4-9H2,1-3H3. The fourth-order valence-corrected chi connectivity index (χ4v) is 2.85. The van der Waals surface area contributed by atoms with Crippen LogP contribution in [0.4, 0.5) is 0 Å². The molecule has 1 aliphatic rings. The fraction of sp³-hybridized carbons (Fsp3) is 0.923. The molecule has 5 heteroatoms. The molecule has 1 aromatic rings. The molecule has 0 aromatic carbocycles. The molecule has 0 saturated heterocycles. The van der Waals surface area contributed by atoms with Gasteiger partial charge in [-0.3, -0.25) is 0 Å². The second-order valence-corrected chi connectivity index (χ2v) is 5.90. The van der Waals surface area contributed by atoms with Gasteiger partial charge in [0.25, 0.3) is 0 Å². The number of hydrogen-bond donors (Lipinski definition) is 1. The van der Waals surface area contributed by atoms with Crippen LogP contribution in [-0.4, -0.2) is 33.3 Å². The molecule has 0 spiro atoms. The molecule has 2 atom stereocenters. The van der Waals surface area contributed by atoms with Crippen LogP contribution in [0.15, 0.2) is 0 Å². The normalized spacial score (nSPS) is 24.0. The van der Waals surface area contributed by atoms with E-state index in [9.17, 15) is 0 Å². The molecule has 1 heterocycles. The third-order valence-electron chi connectivity index (χ3n) is 3.77. The first-order valence-electron chi connectivity index (χ1n) is 7.08. The van der Waals surface area contributed by atoms with Crippen molar-refractivity contribution in [1.82, 2.24) is 25.5 Å². The minimum absolute atomic E-state index is 0.728. The van der Waals surface area contributed by atoms with Crippen molar-refractivity contribution >= 4 is 0 Å². The van der Waals surface area contributed by atoms with Crippen LogP contribution in [-0.2, 0) is 13.5 Å². The quantitative estimate of drug-likeness (QED) is 0.830. The van der Waals surface area contributed by atoms with E-state index in [2.05, 4.69) is 34.6 Å². The van der Waals surface area contributed by atoms with Crippen molar-refractivity contribution in [3.05, 3.63) is 5.82 Å². The van der Waals surface area contributed by atoms with Gasteiger partial charge in [0.15, 0.2) is 5.82 Å². The lowest BCUT2D eigenvalue weighted by Gasteiger charge is -2.19. The smallest absolute Gasteiger partial charge is 0.175 e. The third-order valence-corrected chi connectivity index (χ3v) is 3.77. The molecule has 0 aliphatic heterocycles. The van der Waals surface area contributed by atoms with E-state index in [0.29, 0.717) is 0 Å². The van der Waals surface area contributed by atoms with Gasteiger partial charge in [0.1, 0.15) is 0 Å². The molecule has 2 unspecified atom stereocenters. The van der Waals surface area contributed by atoms with Crippen LogP contribution in [0.2, 0.25) is 0 Å². The van der Waals surface area contributed by atoms with Crippen LogP contribution < -0.4 is 5.32 Å². The Morgan fingerprint density at radius 3 is 2.78 bits per heavy atom. The van der Waals surface area contributed by atoms with E-state index < -0.39 is 0 Å². The Kier molecular flexibility index (Phi) is 4.69. The largest absolute Gasteiger partial charge is 0.316 e. The summed E-state index contributed by atoms with van der Waals surface area (Å²) in [4.78, 5) is 1.55. The molecule has 1 aliphatic carbocycles. The number of rotatable bonds is 6. The van der Waals surface area contributed by atoms with Gasteiger partial charge < -0.3 is 5.32 Å². The molecular weight excluding hydrogens is 226 g/mol. The highest BCUT2D eigenvalue weighted by Crippen LogP contribution is 2.33. The highest BCUT2D eigenvalue weighted by molar-refractivity contribution is 4.88. The van der Waals surface area contributed by atoms with Crippen molar-refractivity contribution in [2.45, 2.75) is 39.5 Å². The van der Waals surface area contributed by atoms with E-state index in [4.69, 9.17) is 0 Å². The maximum absolute atomic E-state index is 4.29. The first-order valence-corrected chi connectivity index (χ1v) is 7.08.